The van der Waals surface area contributed by atoms with Gasteiger partial charge in [0.2, 0.25) is 0 Å². The molecule has 0 saturated heterocycles. The van der Waals surface area contributed by atoms with Crippen LogP contribution in [-0.4, -0.2) is 19.9 Å². The maximum Gasteiger partial charge on any atom is 0.164 e. The molecule has 0 bridgehead atoms. The Kier molecular flexibility index (Phi) is 10.2. The minimum Gasteiger partial charge on any atom is -0.256 e. The molecule has 0 radical (unpaired) electrons. The third-order valence-electron chi connectivity index (χ3n) is 11.7. The molecule has 0 amide bonds. The summed E-state index contributed by atoms with van der Waals surface area (Å²) in [6, 6.07) is 82.9. The Bertz CT molecular complexity index is 3310. The van der Waals surface area contributed by atoms with E-state index in [2.05, 4.69) is 218 Å². The quantitative estimate of drug-likeness (QED) is 0.146. The highest BCUT2D eigenvalue weighted by Crippen LogP contribution is 2.37. The van der Waals surface area contributed by atoms with Crippen LogP contribution in [0.25, 0.3) is 112 Å². The molecule has 0 unspecified atom stereocenters. The van der Waals surface area contributed by atoms with Gasteiger partial charge >= 0.3 is 0 Å². The van der Waals surface area contributed by atoms with E-state index in [9.17, 15) is 0 Å². The van der Waals surface area contributed by atoms with Gasteiger partial charge in [-0.2, -0.15) is 0 Å². The fourth-order valence-electron chi connectivity index (χ4n) is 8.40. The van der Waals surface area contributed by atoms with E-state index in [0.29, 0.717) is 17.5 Å². The minimum absolute atomic E-state index is 0.580. The van der Waals surface area contributed by atoms with Crippen molar-refractivity contribution in [2.45, 2.75) is 0 Å². The summed E-state index contributed by atoms with van der Waals surface area (Å²) >= 11 is 0. The minimum atomic E-state index is 0.580. The van der Waals surface area contributed by atoms with Gasteiger partial charge in [0.25, 0.3) is 0 Å². The van der Waals surface area contributed by atoms with Gasteiger partial charge in [0.15, 0.2) is 17.5 Å². The standard InChI is InChI=1S/C60H40N4/c1-5-17-41(18-6-1)51-33-52(42-19-7-2-8-20-42)36-55(35-51)45-27-15-29-48(31-45)58-62-59(49-30-16-28-47(32-49)57-39-46-25-13-14-26-50(46)40-61-57)64-60(63-58)56-37-53(43-21-9-3-10-22-43)34-54(38-56)44-23-11-4-12-24-44/h1-40H. The number of nitrogens with zero attached hydrogens (tertiary/aromatic N) is 4. The van der Waals surface area contributed by atoms with Crippen LogP contribution >= 0.6 is 0 Å². The monoisotopic (exact) mass is 816 g/mol. The molecular weight excluding hydrogens is 777 g/mol. The van der Waals surface area contributed by atoms with Crippen LogP contribution in [0.3, 0.4) is 0 Å². The molecule has 11 rings (SSSR count). The maximum atomic E-state index is 5.31. The van der Waals surface area contributed by atoms with Crippen molar-refractivity contribution in [3.63, 3.8) is 0 Å². The molecule has 0 aliphatic rings. The summed E-state index contributed by atoms with van der Waals surface area (Å²) in [5.41, 5.74) is 15.7. The van der Waals surface area contributed by atoms with E-state index in [0.717, 1.165) is 94.4 Å². The van der Waals surface area contributed by atoms with Gasteiger partial charge in [-0.15, -0.1) is 0 Å². The van der Waals surface area contributed by atoms with Crippen molar-refractivity contribution in [2.75, 3.05) is 0 Å². The highest BCUT2D eigenvalue weighted by Gasteiger charge is 2.17. The van der Waals surface area contributed by atoms with Gasteiger partial charge in [0.05, 0.1) is 5.69 Å². The molecule has 9 aromatic carbocycles. The van der Waals surface area contributed by atoms with Crippen molar-refractivity contribution < 1.29 is 0 Å². The lowest BCUT2D eigenvalue weighted by molar-refractivity contribution is 1.07. The topological polar surface area (TPSA) is 51.6 Å². The molecule has 2 aromatic heterocycles. The Morgan fingerprint density at radius 3 is 0.984 bits per heavy atom. The summed E-state index contributed by atoms with van der Waals surface area (Å²) in [6.45, 7) is 0. The number of fused-ring (bicyclic) bond motifs is 1. The summed E-state index contributed by atoms with van der Waals surface area (Å²) in [5.74, 6) is 1.76. The van der Waals surface area contributed by atoms with Gasteiger partial charge in [0.1, 0.15) is 0 Å². The van der Waals surface area contributed by atoms with Crippen molar-refractivity contribution in [2.24, 2.45) is 0 Å². The Morgan fingerprint density at radius 1 is 0.203 bits per heavy atom. The SMILES string of the molecule is c1ccc(-c2cc(-c3ccccc3)cc(-c3cccc(-c4nc(-c5cc(-c6ccccc6)cc(-c6ccccc6)c5)nc(-c5cccc(-c6cc7ccccc7cn6)c5)n4)c3)c2)cc1. The summed E-state index contributed by atoms with van der Waals surface area (Å²) < 4.78 is 0. The van der Waals surface area contributed by atoms with Gasteiger partial charge < -0.3 is 0 Å². The second-order valence-electron chi connectivity index (χ2n) is 15.9. The molecule has 300 valence electrons. The molecular formula is C60H40N4. The summed E-state index contributed by atoms with van der Waals surface area (Å²) in [5, 5.41) is 2.24. The van der Waals surface area contributed by atoms with E-state index in [1.165, 1.54) is 0 Å². The number of pyridine rings is 1. The van der Waals surface area contributed by atoms with Crippen LogP contribution in [0.4, 0.5) is 0 Å². The first-order valence-corrected chi connectivity index (χ1v) is 21.5. The van der Waals surface area contributed by atoms with E-state index in [-0.39, 0.29) is 0 Å². The van der Waals surface area contributed by atoms with Crippen molar-refractivity contribution in [1.82, 2.24) is 19.9 Å². The van der Waals surface area contributed by atoms with Crippen LogP contribution in [0, 0.1) is 0 Å². The van der Waals surface area contributed by atoms with E-state index < -0.39 is 0 Å². The third kappa shape index (κ3) is 8.00. The number of benzene rings is 9. The van der Waals surface area contributed by atoms with Gasteiger partial charge in [-0.3, -0.25) is 4.98 Å². The molecule has 0 fully saturated rings. The molecule has 4 heteroatoms. The molecule has 0 saturated carbocycles. The van der Waals surface area contributed by atoms with Crippen LogP contribution in [0.5, 0.6) is 0 Å². The molecule has 0 N–H and O–H groups in total. The van der Waals surface area contributed by atoms with E-state index >= 15 is 0 Å². The fraction of sp³-hybridized carbons (Fsp3) is 0. The predicted octanol–water partition coefficient (Wildman–Crippen LogP) is 15.4. The van der Waals surface area contributed by atoms with Gasteiger partial charge in [0, 0.05) is 33.8 Å². The zero-order valence-electron chi connectivity index (χ0n) is 34.9. The molecule has 11 aromatic rings. The van der Waals surface area contributed by atoms with E-state index in [1.54, 1.807) is 0 Å². The maximum absolute atomic E-state index is 5.31. The Balaban J connectivity index is 1.09. The largest absolute Gasteiger partial charge is 0.256 e. The smallest absolute Gasteiger partial charge is 0.164 e. The third-order valence-corrected chi connectivity index (χ3v) is 11.7. The molecule has 2 heterocycles. The Morgan fingerprint density at radius 2 is 0.516 bits per heavy atom. The van der Waals surface area contributed by atoms with Crippen LogP contribution in [-0.2, 0) is 0 Å². The molecule has 0 aliphatic carbocycles. The average Bonchev–Trinajstić information content (AvgIpc) is 3.39. The number of aromatic nitrogens is 4. The zero-order chi connectivity index (χ0) is 42.7. The number of hydrogen-bond acceptors (Lipinski definition) is 4. The Labute approximate surface area is 373 Å². The first kappa shape index (κ1) is 38.3. The molecule has 4 nitrogen and oxygen atoms in total. The predicted molar refractivity (Wildman–Crippen MR) is 264 cm³/mol. The fourth-order valence-corrected chi connectivity index (χ4v) is 8.40. The summed E-state index contributed by atoms with van der Waals surface area (Å²) in [4.78, 5) is 20.7. The summed E-state index contributed by atoms with van der Waals surface area (Å²) in [7, 11) is 0. The molecule has 0 aliphatic heterocycles. The van der Waals surface area contributed by atoms with Crippen LogP contribution < -0.4 is 0 Å². The second kappa shape index (κ2) is 17.0. The molecule has 0 atom stereocenters. The lowest BCUT2D eigenvalue weighted by Gasteiger charge is -2.14. The van der Waals surface area contributed by atoms with Crippen molar-refractivity contribution in [1.29, 1.82) is 0 Å². The van der Waals surface area contributed by atoms with Gasteiger partial charge in [-0.25, -0.2) is 15.0 Å². The molecule has 0 spiro atoms. The van der Waals surface area contributed by atoms with Crippen molar-refractivity contribution in [3.8, 4) is 101 Å². The highest BCUT2D eigenvalue weighted by atomic mass is 15.0. The van der Waals surface area contributed by atoms with E-state index in [1.807, 2.05) is 24.4 Å². The lowest BCUT2D eigenvalue weighted by atomic mass is 9.93. The van der Waals surface area contributed by atoms with Crippen LogP contribution in [0.2, 0.25) is 0 Å². The first-order chi connectivity index (χ1) is 31.7. The zero-order valence-corrected chi connectivity index (χ0v) is 34.9. The highest BCUT2D eigenvalue weighted by molar-refractivity contribution is 5.87. The van der Waals surface area contributed by atoms with Gasteiger partial charge in [-0.1, -0.05) is 182 Å². The number of hydrogen-bond donors (Lipinski definition) is 0. The average molecular weight is 817 g/mol. The number of rotatable bonds is 9. The van der Waals surface area contributed by atoms with Crippen molar-refractivity contribution in [3.05, 3.63) is 243 Å². The second-order valence-corrected chi connectivity index (χ2v) is 15.9. The first-order valence-electron chi connectivity index (χ1n) is 21.5. The van der Waals surface area contributed by atoms with E-state index in [4.69, 9.17) is 19.9 Å². The lowest BCUT2D eigenvalue weighted by Crippen LogP contribution is -2.01. The van der Waals surface area contributed by atoms with Gasteiger partial charge in [-0.05, 0) is 116 Å². The van der Waals surface area contributed by atoms with Crippen molar-refractivity contribution >= 4 is 10.8 Å². The Hall–Kier alpha value is -8.60. The molecule has 64 heavy (non-hydrogen) atoms. The normalized spacial score (nSPS) is 11.1. The van der Waals surface area contributed by atoms with Crippen LogP contribution in [0.1, 0.15) is 0 Å². The van der Waals surface area contributed by atoms with Crippen LogP contribution in [0.15, 0.2) is 243 Å². The summed E-state index contributed by atoms with van der Waals surface area (Å²) in [6.07, 6.45) is 1.94.